The summed E-state index contributed by atoms with van der Waals surface area (Å²) < 4.78 is 1.95. The Morgan fingerprint density at radius 3 is 2.53 bits per heavy atom. The molecule has 1 unspecified atom stereocenters. The number of hydrogen-bond acceptors (Lipinski definition) is 6. The lowest BCUT2D eigenvalue weighted by molar-refractivity contribution is -0.384. The van der Waals surface area contributed by atoms with Gasteiger partial charge in [-0.2, -0.15) is 0 Å². The summed E-state index contributed by atoms with van der Waals surface area (Å²) in [6.45, 7) is 3.60. The lowest BCUT2D eigenvalue weighted by atomic mass is 10.0. The molecule has 2 N–H and O–H groups in total. The van der Waals surface area contributed by atoms with Crippen molar-refractivity contribution in [2.75, 3.05) is 5.32 Å². The molecule has 0 fully saturated rings. The minimum absolute atomic E-state index is 0.0510. The molecule has 174 valence electrons. The highest BCUT2D eigenvalue weighted by Crippen LogP contribution is 2.24. The zero-order valence-corrected chi connectivity index (χ0v) is 19.8. The average Bonchev–Trinajstić information content (AvgIpc) is 3.40. The van der Waals surface area contributed by atoms with Gasteiger partial charge in [0.1, 0.15) is 6.04 Å². The molecule has 0 aliphatic rings. The van der Waals surface area contributed by atoms with E-state index in [-0.39, 0.29) is 22.2 Å². The third-order valence-corrected chi connectivity index (χ3v) is 6.27. The number of halogens is 1. The van der Waals surface area contributed by atoms with Crippen molar-refractivity contribution >= 4 is 51.1 Å². The Morgan fingerprint density at radius 2 is 1.91 bits per heavy atom. The molecule has 9 nitrogen and oxygen atoms in total. The number of carbonyl (C=O) groups excluding carboxylic acids is 2. The molecule has 2 aromatic carbocycles. The van der Waals surface area contributed by atoms with Crippen LogP contribution in [0.15, 0.2) is 60.2 Å². The first kappa shape index (κ1) is 23.4. The third kappa shape index (κ3) is 4.92. The summed E-state index contributed by atoms with van der Waals surface area (Å²) in [5, 5.41) is 18.3. The van der Waals surface area contributed by atoms with E-state index in [0.717, 1.165) is 22.3 Å². The fourth-order valence-corrected chi connectivity index (χ4v) is 4.33. The maximum atomic E-state index is 12.9. The van der Waals surface area contributed by atoms with Crippen LogP contribution in [0.2, 0.25) is 5.02 Å². The summed E-state index contributed by atoms with van der Waals surface area (Å²) in [6, 6.07) is 9.98. The number of nitrogens with one attached hydrogen (secondary N) is 2. The monoisotopic (exact) mass is 497 g/mol. The predicted octanol–water partition coefficient (Wildman–Crippen LogP) is 5.02. The van der Waals surface area contributed by atoms with Crippen molar-refractivity contribution in [1.29, 1.82) is 0 Å². The fraction of sp³-hybridized carbons (Fsp3) is 0.174. The molecule has 1 atom stereocenters. The van der Waals surface area contributed by atoms with Gasteiger partial charge in [-0.1, -0.05) is 37.6 Å². The van der Waals surface area contributed by atoms with Crippen LogP contribution in [-0.2, 0) is 4.79 Å². The van der Waals surface area contributed by atoms with Crippen molar-refractivity contribution in [3.8, 4) is 11.3 Å². The molecule has 4 rings (SSSR count). The number of carbonyl (C=O) groups is 2. The zero-order chi connectivity index (χ0) is 24.4. The van der Waals surface area contributed by atoms with E-state index in [2.05, 4.69) is 15.6 Å². The number of imidazole rings is 1. The first-order valence-electron chi connectivity index (χ1n) is 10.3. The molecule has 2 amide bonds. The molecule has 11 heteroatoms. The number of non-ortho nitro benzene ring substituents is 1. The van der Waals surface area contributed by atoms with Gasteiger partial charge in [-0.15, -0.1) is 11.3 Å². The molecule has 0 saturated heterocycles. The Balaban J connectivity index is 1.45. The van der Waals surface area contributed by atoms with Gasteiger partial charge in [0.05, 0.1) is 21.2 Å². The lowest BCUT2D eigenvalue weighted by Gasteiger charge is -2.22. The number of nitrogens with zero attached hydrogens (tertiary/aromatic N) is 3. The number of hydrogen-bond donors (Lipinski definition) is 2. The van der Waals surface area contributed by atoms with Gasteiger partial charge in [0.25, 0.3) is 11.6 Å². The van der Waals surface area contributed by atoms with E-state index in [1.165, 1.54) is 12.1 Å². The van der Waals surface area contributed by atoms with Gasteiger partial charge in [-0.3, -0.25) is 24.1 Å². The van der Waals surface area contributed by atoms with E-state index in [1.807, 2.05) is 34.3 Å². The Bertz CT molecular complexity index is 1350. The number of anilines is 1. The Morgan fingerprint density at radius 1 is 1.18 bits per heavy atom. The Labute approximate surface area is 203 Å². The second kappa shape index (κ2) is 9.62. The van der Waals surface area contributed by atoms with Crippen LogP contribution in [0.4, 0.5) is 11.4 Å². The summed E-state index contributed by atoms with van der Waals surface area (Å²) in [4.78, 5) is 41.4. The van der Waals surface area contributed by atoms with Gasteiger partial charge in [0, 0.05) is 41.2 Å². The van der Waals surface area contributed by atoms with E-state index in [9.17, 15) is 19.7 Å². The fourth-order valence-electron chi connectivity index (χ4n) is 3.37. The molecular weight excluding hydrogens is 478 g/mol. The number of nitro groups is 1. The quantitative estimate of drug-likeness (QED) is 0.274. The van der Waals surface area contributed by atoms with Crippen molar-refractivity contribution in [2.45, 2.75) is 19.9 Å². The summed E-state index contributed by atoms with van der Waals surface area (Å²) in [7, 11) is 0. The summed E-state index contributed by atoms with van der Waals surface area (Å²) in [6.07, 6.45) is 3.88. The minimum atomic E-state index is -0.849. The number of nitro benzene ring substituents is 1. The smallest absolute Gasteiger partial charge is 0.270 e. The standard InChI is InChI=1S/C23H20ClN5O4S/c1-13(2)20(27-21(30)17-8-7-16(29(32)33)11-18(17)24)22(31)25-15-5-3-14(4-6-15)19-12-28-9-10-34-23(28)26-19/h3-13,20H,1-2H3,(H,25,31)(H,27,30). The van der Waals surface area contributed by atoms with E-state index in [1.54, 1.807) is 37.3 Å². The molecule has 0 aliphatic carbocycles. The maximum Gasteiger partial charge on any atom is 0.270 e. The Hall–Kier alpha value is -3.76. The van der Waals surface area contributed by atoms with Crippen LogP contribution in [0.5, 0.6) is 0 Å². The van der Waals surface area contributed by atoms with E-state index < -0.39 is 22.8 Å². The second-order valence-electron chi connectivity index (χ2n) is 7.90. The molecule has 0 radical (unpaired) electrons. The SMILES string of the molecule is CC(C)C(NC(=O)c1ccc([N+](=O)[O-])cc1Cl)C(=O)Nc1ccc(-c2cn3ccsc3n2)cc1. The second-order valence-corrected chi connectivity index (χ2v) is 9.18. The molecule has 0 bridgehead atoms. The summed E-state index contributed by atoms with van der Waals surface area (Å²) in [5.74, 6) is -1.21. The normalized spacial score (nSPS) is 12.0. The van der Waals surface area contributed by atoms with E-state index >= 15 is 0 Å². The van der Waals surface area contributed by atoms with Crippen LogP contribution in [0.3, 0.4) is 0 Å². The number of benzene rings is 2. The molecule has 2 heterocycles. The third-order valence-electron chi connectivity index (χ3n) is 5.19. The highest BCUT2D eigenvalue weighted by molar-refractivity contribution is 7.15. The zero-order valence-electron chi connectivity index (χ0n) is 18.2. The Kier molecular flexibility index (Phi) is 6.62. The largest absolute Gasteiger partial charge is 0.340 e. The van der Waals surface area contributed by atoms with Crippen molar-refractivity contribution in [3.63, 3.8) is 0 Å². The van der Waals surface area contributed by atoms with Crippen molar-refractivity contribution in [2.24, 2.45) is 5.92 Å². The predicted molar refractivity (Wildman–Crippen MR) is 131 cm³/mol. The molecule has 34 heavy (non-hydrogen) atoms. The van der Waals surface area contributed by atoms with Crippen LogP contribution in [0.25, 0.3) is 16.2 Å². The van der Waals surface area contributed by atoms with Gasteiger partial charge in [0.2, 0.25) is 5.91 Å². The van der Waals surface area contributed by atoms with E-state index in [0.29, 0.717) is 5.69 Å². The van der Waals surface area contributed by atoms with Gasteiger partial charge in [0.15, 0.2) is 4.96 Å². The highest BCUT2D eigenvalue weighted by Gasteiger charge is 2.26. The van der Waals surface area contributed by atoms with Crippen LogP contribution in [0, 0.1) is 16.0 Å². The minimum Gasteiger partial charge on any atom is -0.340 e. The van der Waals surface area contributed by atoms with Crippen molar-refractivity contribution in [1.82, 2.24) is 14.7 Å². The summed E-state index contributed by atoms with van der Waals surface area (Å²) in [5.41, 5.74) is 2.14. The molecular formula is C23H20ClN5O4S. The number of amides is 2. The highest BCUT2D eigenvalue weighted by atomic mass is 35.5. The van der Waals surface area contributed by atoms with Crippen molar-refractivity contribution in [3.05, 3.63) is 80.9 Å². The van der Waals surface area contributed by atoms with Gasteiger partial charge in [-0.25, -0.2) is 4.98 Å². The van der Waals surface area contributed by atoms with Gasteiger partial charge < -0.3 is 10.6 Å². The van der Waals surface area contributed by atoms with Gasteiger partial charge >= 0.3 is 0 Å². The molecule has 4 aromatic rings. The number of thiazole rings is 1. The van der Waals surface area contributed by atoms with E-state index in [4.69, 9.17) is 11.6 Å². The first-order chi connectivity index (χ1) is 16.2. The number of rotatable bonds is 7. The molecule has 2 aromatic heterocycles. The van der Waals surface area contributed by atoms with Gasteiger partial charge in [-0.05, 0) is 24.1 Å². The summed E-state index contributed by atoms with van der Waals surface area (Å²) >= 11 is 7.60. The molecule has 0 spiro atoms. The van der Waals surface area contributed by atoms with Crippen molar-refractivity contribution < 1.29 is 14.5 Å². The average molecular weight is 498 g/mol. The topological polar surface area (TPSA) is 119 Å². The lowest BCUT2D eigenvalue weighted by Crippen LogP contribution is -2.47. The number of fused-ring (bicyclic) bond motifs is 1. The first-order valence-corrected chi connectivity index (χ1v) is 11.6. The maximum absolute atomic E-state index is 12.9. The van der Waals surface area contributed by atoms with Crippen LogP contribution >= 0.6 is 22.9 Å². The number of aromatic nitrogens is 2. The molecule has 0 saturated carbocycles. The van der Waals surface area contributed by atoms with Crippen LogP contribution < -0.4 is 10.6 Å². The molecule has 0 aliphatic heterocycles. The van der Waals surface area contributed by atoms with Crippen LogP contribution in [-0.4, -0.2) is 32.2 Å². The van der Waals surface area contributed by atoms with Crippen LogP contribution in [0.1, 0.15) is 24.2 Å².